The lowest BCUT2D eigenvalue weighted by atomic mass is 10.0. The van der Waals surface area contributed by atoms with Crippen molar-refractivity contribution in [3.63, 3.8) is 0 Å². The number of carbonyl (C=O) groups is 4. The smallest absolute Gasteiger partial charge is 0.356 e. The first kappa shape index (κ1) is 24.3. The van der Waals surface area contributed by atoms with E-state index in [0.29, 0.717) is 11.3 Å². The number of amides is 2. The maximum absolute atomic E-state index is 12.9. The van der Waals surface area contributed by atoms with E-state index in [4.69, 9.17) is 15.2 Å². The largest absolute Gasteiger partial charge is 0.463 e. The number of allylic oxidation sites excluding steroid dienone is 1. The number of β-lactam (4-membered cyclic amide) rings is 1. The molecule has 2 aliphatic heterocycles. The third-order valence-corrected chi connectivity index (χ3v) is 6.68. The minimum Gasteiger partial charge on any atom is -0.463 e. The van der Waals surface area contributed by atoms with Crippen LogP contribution in [0, 0.1) is 0 Å². The Labute approximate surface area is 196 Å². The van der Waals surface area contributed by atoms with E-state index in [1.165, 1.54) is 35.0 Å². The highest BCUT2D eigenvalue weighted by Gasteiger charge is 2.54. The molecule has 12 nitrogen and oxygen atoms in total. The molecule has 0 aromatic carbocycles. The van der Waals surface area contributed by atoms with Gasteiger partial charge in [-0.25, -0.2) is 14.6 Å². The number of nitrogens with one attached hydrogen (secondary N) is 1. The van der Waals surface area contributed by atoms with E-state index >= 15 is 0 Å². The van der Waals surface area contributed by atoms with Gasteiger partial charge < -0.3 is 25.7 Å². The van der Waals surface area contributed by atoms with Gasteiger partial charge in [-0.05, 0) is 19.4 Å². The topological polar surface area (TPSA) is 174 Å². The molecule has 33 heavy (non-hydrogen) atoms. The number of hydrogen-bond donors (Lipinski definition) is 3. The zero-order valence-corrected chi connectivity index (χ0v) is 19.3. The highest BCUT2D eigenvalue weighted by molar-refractivity contribution is 8.00. The average Bonchev–Trinajstić information content (AvgIpc) is 3.22. The summed E-state index contributed by atoms with van der Waals surface area (Å²) in [5, 5.41) is 15.7. The number of thioether (sulfide) groups is 1. The molecule has 0 bridgehead atoms. The summed E-state index contributed by atoms with van der Waals surface area (Å²) in [6.07, 6.45) is 0.252. The highest BCUT2D eigenvalue weighted by Crippen LogP contribution is 2.41. The molecule has 1 fully saturated rings. The van der Waals surface area contributed by atoms with Crippen LogP contribution < -0.4 is 11.1 Å². The second kappa shape index (κ2) is 10.0. The van der Waals surface area contributed by atoms with Gasteiger partial charge in [0.1, 0.15) is 22.8 Å². The molecule has 2 unspecified atom stereocenters. The van der Waals surface area contributed by atoms with E-state index in [9.17, 15) is 24.4 Å². The summed E-state index contributed by atoms with van der Waals surface area (Å²) >= 11 is 2.35. The molecule has 3 rings (SSSR count). The van der Waals surface area contributed by atoms with Crippen LogP contribution in [0.2, 0.25) is 0 Å². The summed E-state index contributed by atoms with van der Waals surface area (Å²) in [7, 11) is 0. The summed E-state index contributed by atoms with van der Waals surface area (Å²) in [6, 6.07) is -0.994. The van der Waals surface area contributed by atoms with Gasteiger partial charge >= 0.3 is 11.9 Å². The summed E-state index contributed by atoms with van der Waals surface area (Å²) < 4.78 is 10.0. The van der Waals surface area contributed by atoms with Crippen LogP contribution in [0.4, 0.5) is 5.13 Å². The first-order chi connectivity index (χ1) is 15.7. The van der Waals surface area contributed by atoms with E-state index in [1.807, 2.05) is 0 Å². The zero-order chi connectivity index (χ0) is 24.3. The fraction of sp³-hybridized carbons (Fsp3) is 0.368. The maximum atomic E-state index is 12.9. The number of esters is 2. The van der Waals surface area contributed by atoms with Crippen molar-refractivity contribution in [3.05, 3.63) is 35.0 Å². The van der Waals surface area contributed by atoms with Crippen molar-refractivity contribution in [1.29, 1.82) is 0 Å². The van der Waals surface area contributed by atoms with Crippen molar-refractivity contribution in [2.75, 3.05) is 18.1 Å². The lowest BCUT2D eigenvalue weighted by Crippen LogP contribution is -2.71. The quantitative estimate of drug-likeness (QED) is 0.149. The Hall–Kier alpha value is -3.39. The summed E-state index contributed by atoms with van der Waals surface area (Å²) in [4.78, 5) is 55.2. The Kier molecular flexibility index (Phi) is 7.38. The van der Waals surface area contributed by atoms with Gasteiger partial charge in [-0.3, -0.25) is 14.5 Å². The molecule has 0 aliphatic carbocycles. The Balaban J connectivity index is 1.75. The first-order valence-corrected chi connectivity index (χ1v) is 11.6. The highest BCUT2D eigenvalue weighted by atomic mass is 32.2. The molecule has 2 amide bonds. The fourth-order valence-corrected chi connectivity index (χ4v) is 5.02. The van der Waals surface area contributed by atoms with Gasteiger partial charge in [0, 0.05) is 11.1 Å². The van der Waals surface area contributed by atoms with Gasteiger partial charge in [-0.15, -0.1) is 23.1 Å². The van der Waals surface area contributed by atoms with Crippen LogP contribution >= 0.6 is 23.1 Å². The van der Waals surface area contributed by atoms with Crippen molar-refractivity contribution >= 4 is 57.7 Å². The number of ether oxygens (including phenoxy) is 2. The van der Waals surface area contributed by atoms with Crippen LogP contribution in [0.25, 0.3) is 0 Å². The van der Waals surface area contributed by atoms with Crippen molar-refractivity contribution in [1.82, 2.24) is 15.2 Å². The molecule has 0 radical (unpaired) electrons. The van der Waals surface area contributed by atoms with E-state index in [0.717, 1.165) is 11.3 Å². The van der Waals surface area contributed by atoms with E-state index in [1.54, 1.807) is 6.92 Å². The minimum absolute atomic E-state index is 0.0521. The molecule has 14 heteroatoms. The van der Waals surface area contributed by atoms with Crippen molar-refractivity contribution in [2.45, 2.75) is 31.4 Å². The monoisotopic (exact) mass is 495 g/mol. The van der Waals surface area contributed by atoms with Gasteiger partial charge in [-0.1, -0.05) is 17.8 Å². The van der Waals surface area contributed by atoms with Gasteiger partial charge in [0.15, 0.2) is 16.9 Å². The van der Waals surface area contributed by atoms with Gasteiger partial charge in [0.2, 0.25) is 0 Å². The van der Waals surface area contributed by atoms with E-state index in [2.05, 4.69) is 22.0 Å². The minimum atomic E-state index is -1.18. The number of hydrogen-bond acceptors (Lipinski definition) is 12. The molecular weight excluding hydrogens is 474 g/mol. The number of aromatic nitrogens is 1. The van der Waals surface area contributed by atoms with Gasteiger partial charge in [-0.2, -0.15) is 0 Å². The number of nitrogen functional groups attached to an aromatic ring is 1. The SMILES string of the molecule is C=CC1=C(C(=O)OC(C)C(=O)OCC)N2C(=O)C(NC(=O)/C(=N\O)c3csc(N)n3)[C@@H]2SC1. The molecule has 0 spiro atoms. The Morgan fingerprint density at radius 3 is 2.82 bits per heavy atom. The molecule has 1 saturated heterocycles. The average molecular weight is 496 g/mol. The Morgan fingerprint density at radius 1 is 1.52 bits per heavy atom. The summed E-state index contributed by atoms with van der Waals surface area (Å²) in [5.41, 5.74) is 5.60. The van der Waals surface area contributed by atoms with Crippen molar-refractivity contribution in [2.24, 2.45) is 5.16 Å². The fourth-order valence-electron chi connectivity index (χ4n) is 3.13. The molecule has 2 aliphatic rings. The third-order valence-electron chi connectivity index (χ3n) is 4.71. The zero-order valence-electron chi connectivity index (χ0n) is 17.6. The standard InChI is InChI=1S/C19H21N5O7S2/c1-4-9-6-32-16-12(22-14(25)11(23-29)10-7-33-19(20)21-10)15(26)24(16)13(9)18(28)31-8(3)17(27)30-5-2/h4,7-8,12,16,29H,1,5-6H2,2-3H3,(H2,20,21)(H,22,25)/b23-11-/t8?,12?,16-/m0/s1. The number of nitrogens with zero attached hydrogens (tertiary/aromatic N) is 3. The van der Waals surface area contributed by atoms with Crippen LogP contribution in [-0.4, -0.2) is 74.4 Å². The van der Waals surface area contributed by atoms with Crippen LogP contribution in [0.5, 0.6) is 0 Å². The van der Waals surface area contributed by atoms with Crippen LogP contribution in [0.3, 0.4) is 0 Å². The third kappa shape index (κ3) is 4.71. The lowest BCUT2D eigenvalue weighted by Gasteiger charge is -2.49. The number of rotatable bonds is 8. The summed E-state index contributed by atoms with van der Waals surface area (Å²) in [6.45, 7) is 6.78. The van der Waals surface area contributed by atoms with Crippen molar-refractivity contribution < 1.29 is 33.9 Å². The normalized spacial score (nSPS) is 21.0. The van der Waals surface area contributed by atoms with Gasteiger partial charge in [0.25, 0.3) is 11.8 Å². The number of thiazole rings is 1. The predicted octanol–water partition coefficient (Wildman–Crippen LogP) is 0.238. The molecule has 176 valence electrons. The number of anilines is 1. The lowest BCUT2D eigenvalue weighted by molar-refractivity contribution is -0.166. The van der Waals surface area contributed by atoms with E-state index < -0.39 is 47.0 Å². The number of carbonyl (C=O) groups excluding carboxylic acids is 4. The molecular formula is C19H21N5O7S2. The second-order valence-electron chi connectivity index (χ2n) is 6.76. The Bertz CT molecular complexity index is 1070. The molecule has 4 N–H and O–H groups in total. The first-order valence-electron chi connectivity index (χ1n) is 9.65. The summed E-state index contributed by atoms with van der Waals surface area (Å²) in [5.74, 6) is -2.70. The Morgan fingerprint density at radius 2 is 2.24 bits per heavy atom. The predicted molar refractivity (Wildman–Crippen MR) is 119 cm³/mol. The van der Waals surface area contributed by atoms with Crippen LogP contribution in [0.15, 0.2) is 34.5 Å². The maximum Gasteiger partial charge on any atom is 0.356 e. The van der Waals surface area contributed by atoms with Gasteiger partial charge in [0.05, 0.1) is 6.61 Å². The molecule has 1 aromatic rings. The number of fused-ring (bicyclic) bond motifs is 1. The number of nitrogens with two attached hydrogens (primary N) is 1. The molecule has 3 atom stereocenters. The second-order valence-corrected chi connectivity index (χ2v) is 8.75. The van der Waals surface area contributed by atoms with E-state index in [-0.39, 0.29) is 23.1 Å². The molecule has 0 saturated carbocycles. The van der Waals surface area contributed by atoms with Crippen LogP contribution in [-0.2, 0) is 28.7 Å². The molecule has 3 heterocycles. The van der Waals surface area contributed by atoms with Crippen molar-refractivity contribution in [3.8, 4) is 0 Å². The van der Waals surface area contributed by atoms with Crippen LogP contribution in [0.1, 0.15) is 19.5 Å². The number of oxime groups is 1. The molecule has 1 aromatic heterocycles.